The number of nitrogens with zero attached hydrogens (tertiary/aromatic N) is 3. The lowest BCUT2D eigenvalue weighted by Crippen LogP contribution is -2.33. The third kappa shape index (κ3) is 5.00. The van der Waals surface area contributed by atoms with Crippen molar-refractivity contribution in [2.75, 3.05) is 20.6 Å². The molecular formula is C16H15F3N4O2. The van der Waals surface area contributed by atoms with Crippen molar-refractivity contribution >= 4 is 11.8 Å². The van der Waals surface area contributed by atoms with E-state index in [0.29, 0.717) is 11.3 Å². The number of halogens is 3. The average molecular weight is 352 g/mol. The van der Waals surface area contributed by atoms with Crippen LogP contribution < -0.4 is 5.32 Å². The largest absolute Gasteiger partial charge is 0.405 e. The molecule has 132 valence electrons. The zero-order valence-electron chi connectivity index (χ0n) is 13.5. The number of alkyl halides is 3. The molecule has 0 bridgehead atoms. The second kappa shape index (κ2) is 7.29. The number of amides is 2. The molecule has 1 aromatic heterocycles. The minimum atomic E-state index is -4.47. The molecule has 0 spiro atoms. The van der Waals surface area contributed by atoms with Gasteiger partial charge in [-0.1, -0.05) is 12.1 Å². The third-order valence-corrected chi connectivity index (χ3v) is 3.15. The maximum Gasteiger partial charge on any atom is 0.405 e. The van der Waals surface area contributed by atoms with Gasteiger partial charge in [0.2, 0.25) is 0 Å². The SMILES string of the molecule is CN(C)C(=O)c1cncc(-c2ccc(C(=O)NCC(F)(F)F)cc2)n1. The zero-order valence-corrected chi connectivity index (χ0v) is 13.5. The van der Waals surface area contributed by atoms with Crippen LogP contribution in [0, 0.1) is 0 Å². The van der Waals surface area contributed by atoms with Crippen molar-refractivity contribution in [1.29, 1.82) is 0 Å². The first-order valence-electron chi connectivity index (χ1n) is 7.16. The number of carbonyl (C=O) groups is 2. The van der Waals surface area contributed by atoms with Crippen LogP contribution in [0.3, 0.4) is 0 Å². The first-order chi connectivity index (χ1) is 11.7. The molecule has 1 heterocycles. The van der Waals surface area contributed by atoms with Gasteiger partial charge in [0.1, 0.15) is 12.2 Å². The van der Waals surface area contributed by atoms with Crippen molar-refractivity contribution in [1.82, 2.24) is 20.2 Å². The van der Waals surface area contributed by atoms with E-state index < -0.39 is 18.6 Å². The normalized spacial score (nSPS) is 11.1. The van der Waals surface area contributed by atoms with Gasteiger partial charge >= 0.3 is 6.18 Å². The van der Waals surface area contributed by atoms with Crippen LogP contribution in [0.1, 0.15) is 20.8 Å². The Labute approximate surface area is 141 Å². The number of hydrogen-bond donors (Lipinski definition) is 1. The van der Waals surface area contributed by atoms with Crippen LogP contribution in [0.15, 0.2) is 36.7 Å². The van der Waals surface area contributed by atoms with Gasteiger partial charge in [0.25, 0.3) is 11.8 Å². The van der Waals surface area contributed by atoms with Crippen molar-refractivity contribution in [3.05, 3.63) is 47.9 Å². The number of carbonyl (C=O) groups excluding carboxylic acids is 2. The van der Waals surface area contributed by atoms with Crippen LogP contribution in [-0.2, 0) is 0 Å². The highest BCUT2D eigenvalue weighted by Crippen LogP contribution is 2.18. The van der Waals surface area contributed by atoms with Crippen LogP contribution in [0.4, 0.5) is 13.2 Å². The van der Waals surface area contributed by atoms with E-state index in [1.54, 1.807) is 19.4 Å². The monoisotopic (exact) mass is 352 g/mol. The lowest BCUT2D eigenvalue weighted by molar-refractivity contribution is -0.123. The molecule has 0 aliphatic heterocycles. The number of aromatic nitrogens is 2. The topological polar surface area (TPSA) is 75.2 Å². The molecule has 1 aromatic carbocycles. The molecule has 9 heteroatoms. The van der Waals surface area contributed by atoms with Gasteiger partial charge in [-0.15, -0.1) is 0 Å². The Balaban J connectivity index is 2.16. The van der Waals surface area contributed by atoms with E-state index >= 15 is 0 Å². The smallest absolute Gasteiger partial charge is 0.343 e. The molecule has 2 rings (SSSR count). The van der Waals surface area contributed by atoms with Gasteiger partial charge < -0.3 is 10.2 Å². The fraction of sp³-hybridized carbons (Fsp3) is 0.250. The second-order valence-corrected chi connectivity index (χ2v) is 5.36. The predicted molar refractivity (Wildman–Crippen MR) is 83.9 cm³/mol. The van der Waals surface area contributed by atoms with Crippen LogP contribution in [0.25, 0.3) is 11.3 Å². The number of hydrogen-bond acceptors (Lipinski definition) is 4. The Kier molecular flexibility index (Phi) is 5.35. The molecule has 6 nitrogen and oxygen atoms in total. The van der Waals surface area contributed by atoms with Crippen molar-refractivity contribution in [3.8, 4) is 11.3 Å². The molecule has 0 unspecified atom stereocenters. The van der Waals surface area contributed by atoms with E-state index in [1.807, 2.05) is 0 Å². The Bertz CT molecular complexity index is 774. The molecule has 0 radical (unpaired) electrons. The Morgan fingerprint density at radius 3 is 2.32 bits per heavy atom. The standard InChI is InChI=1S/C16H15F3N4O2/c1-23(2)15(25)13-8-20-7-12(22-13)10-3-5-11(6-4-10)14(24)21-9-16(17,18)19/h3-8H,9H2,1-2H3,(H,21,24). The lowest BCUT2D eigenvalue weighted by atomic mass is 10.1. The fourth-order valence-corrected chi connectivity index (χ4v) is 1.91. The van der Waals surface area contributed by atoms with Crippen LogP contribution in [-0.4, -0.2) is 53.5 Å². The van der Waals surface area contributed by atoms with Gasteiger partial charge in [-0.05, 0) is 12.1 Å². The highest BCUT2D eigenvalue weighted by molar-refractivity contribution is 5.95. The number of nitrogens with one attached hydrogen (secondary N) is 1. The van der Waals surface area contributed by atoms with E-state index in [1.165, 1.54) is 41.6 Å². The summed E-state index contributed by atoms with van der Waals surface area (Å²) < 4.78 is 36.3. The molecule has 25 heavy (non-hydrogen) atoms. The van der Waals surface area contributed by atoms with E-state index in [4.69, 9.17) is 0 Å². The van der Waals surface area contributed by atoms with Crippen molar-refractivity contribution in [3.63, 3.8) is 0 Å². The maximum absolute atomic E-state index is 12.1. The van der Waals surface area contributed by atoms with Crippen LogP contribution in [0.2, 0.25) is 0 Å². The second-order valence-electron chi connectivity index (χ2n) is 5.36. The fourth-order valence-electron chi connectivity index (χ4n) is 1.91. The van der Waals surface area contributed by atoms with Gasteiger partial charge in [-0.25, -0.2) is 4.98 Å². The van der Waals surface area contributed by atoms with E-state index in [0.717, 1.165) is 0 Å². The summed E-state index contributed by atoms with van der Waals surface area (Å²) >= 11 is 0. The summed E-state index contributed by atoms with van der Waals surface area (Å²) in [6, 6.07) is 5.80. The van der Waals surface area contributed by atoms with E-state index in [-0.39, 0.29) is 17.2 Å². The molecular weight excluding hydrogens is 337 g/mol. The molecule has 0 aliphatic carbocycles. The van der Waals surface area contributed by atoms with Gasteiger partial charge in [-0.3, -0.25) is 14.6 Å². The third-order valence-electron chi connectivity index (χ3n) is 3.15. The van der Waals surface area contributed by atoms with Gasteiger partial charge in [0.15, 0.2) is 0 Å². The van der Waals surface area contributed by atoms with Gasteiger partial charge in [0.05, 0.1) is 18.1 Å². The molecule has 0 aliphatic rings. The highest BCUT2D eigenvalue weighted by atomic mass is 19.4. The average Bonchev–Trinajstić information content (AvgIpc) is 2.58. The zero-order chi connectivity index (χ0) is 18.6. The van der Waals surface area contributed by atoms with Crippen molar-refractivity contribution in [2.24, 2.45) is 0 Å². The van der Waals surface area contributed by atoms with Gasteiger partial charge in [-0.2, -0.15) is 13.2 Å². The molecule has 0 fully saturated rings. The lowest BCUT2D eigenvalue weighted by Gasteiger charge is -2.10. The van der Waals surface area contributed by atoms with Gasteiger partial charge in [0, 0.05) is 25.2 Å². The van der Waals surface area contributed by atoms with E-state index in [9.17, 15) is 22.8 Å². The van der Waals surface area contributed by atoms with Crippen LogP contribution in [0.5, 0.6) is 0 Å². The highest BCUT2D eigenvalue weighted by Gasteiger charge is 2.27. The minimum Gasteiger partial charge on any atom is -0.343 e. The summed E-state index contributed by atoms with van der Waals surface area (Å²) in [7, 11) is 3.18. The molecule has 2 aromatic rings. The summed E-state index contributed by atoms with van der Waals surface area (Å²) in [5, 5.41) is 1.79. The summed E-state index contributed by atoms with van der Waals surface area (Å²) in [4.78, 5) is 33.1. The van der Waals surface area contributed by atoms with Crippen LogP contribution >= 0.6 is 0 Å². The number of benzene rings is 1. The number of rotatable bonds is 4. The summed E-state index contributed by atoms with van der Waals surface area (Å²) in [5.41, 5.74) is 1.24. The molecule has 0 saturated heterocycles. The van der Waals surface area contributed by atoms with Crippen molar-refractivity contribution in [2.45, 2.75) is 6.18 Å². The Morgan fingerprint density at radius 1 is 1.12 bits per heavy atom. The first kappa shape index (κ1) is 18.4. The van der Waals surface area contributed by atoms with Crippen molar-refractivity contribution < 1.29 is 22.8 Å². The maximum atomic E-state index is 12.1. The first-order valence-corrected chi connectivity index (χ1v) is 7.16. The molecule has 1 N–H and O–H groups in total. The summed E-state index contributed by atoms with van der Waals surface area (Å²) in [5.74, 6) is -1.14. The molecule has 2 amide bonds. The summed E-state index contributed by atoms with van der Waals surface area (Å²) in [6.45, 7) is -1.40. The molecule has 0 saturated carbocycles. The minimum absolute atomic E-state index is 0.0847. The predicted octanol–water partition coefficient (Wildman–Crippen LogP) is 2.14. The van der Waals surface area contributed by atoms with E-state index in [2.05, 4.69) is 9.97 Å². The Morgan fingerprint density at radius 2 is 1.76 bits per heavy atom. The quantitative estimate of drug-likeness (QED) is 0.915. The summed E-state index contributed by atoms with van der Waals surface area (Å²) in [6.07, 6.45) is -1.68. The Hall–Kier alpha value is -2.97. The molecule has 0 atom stereocenters.